The molecular weight excluding hydrogens is 268 g/mol. The van der Waals surface area contributed by atoms with E-state index >= 15 is 0 Å². The van der Waals surface area contributed by atoms with Crippen LogP contribution in [0.2, 0.25) is 0 Å². The molecule has 1 aliphatic carbocycles. The lowest BCUT2D eigenvalue weighted by Crippen LogP contribution is -2.53. The lowest BCUT2D eigenvalue weighted by Gasteiger charge is -2.45. The molecule has 3 rings (SSSR count). The molecule has 0 aromatic carbocycles. The minimum absolute atomic E-state index is 0.239. The Morgan fingerprint density at radius 2 is 2.14 bits per heavy atom. The van der Waals surface area contributed by atoms with E-state index in [1.807, 2.05) is 13.0 Å². The number of aromatic carboxylic acids is 1. The van der Waals surface area contributed by atoms with Gasteiger partial charge in [-0.15, -0.1) is 0 Å². The quantitative estimate of drug-likeness (QED) is 0.907. The largest absolute Gasteiger partial charge is 0.478 e. The number of aryl methyl sites for hydroxylation is 2. The van der Waals surface area contributed by atoms with Crippen molar-refractivity contribution in [3.8, 4) is 0 Å². The molecule has 2 atom stereocenters. The smallest absolute Gasteiger partial charge is 0.339 e. The van der Waals surface area contributed by atoms with E-state index in [1.54, 1.807) is 6.92 Å². The number of nitrogens with zero attached hydrogens (tertiary/aromatic N) is 2. The highest BCUT2D eigenvalue weighted by Crippen LogP contribution is 2.34. The van der Waals surface area contributed by atoms with Crippen molar-refractivity contribution in [2.24, 2.45) is 0 Å². The summed E-state index contributed by atoms with van der Waals surface area (Å²) < 4.78 is 5.89. The Hall–Kier alpha value is -1.62. The number of morpholine rings is 1. The Morgan fingerprint density at radius 1 is 1.38 bits per heavy atom. The van der Waals surface area contributed by atoms with Gasteiger partial charge in [0.2, 0.25) is 0 Å². The monoisotopic (exact) mass is 290 g/mol. The van der Waals surface area contributed by atoms with Crippen molar-refractivity contribution in [2.45, 2.75) is 51.7 Å². The number of anilines is 1. The number of rotatable bonds is 2. The van der Waals surface area contributed by atoms with Gasteiger partial charge in [0.25, 0.3) is 0 Å². The van der Waals surface area contributed by atoms with Crippen molar-refractivity contribution < 1.29 is 14.6 Å². The summed E-state index contributed by atoms with van der Waals surface area (Å²) in [6.07, 6.45) is 4.78. The van der Waals surface area contributed by atoms with Gasteiger partial charge in [0.1, 0.15) is 5.56 Å². The number of carbonyl (C=O) groups is 1. The van der Waals surface area contributed by atoms with E-state index in [0.29, 0.717) is 23.9 Å². The molecular formula is C16H22N2O3. The normalized spacial score (nSPS) is 25.5. The van der Waals surface area contributed by atoms with Crippen molar-refractivity contribution in [1.82, 2.24) is 4.98 Å². The van der Waals surface area contributed by atoms with Gasteiger partial charge in [-0.3, -0.25) is 4.98 Å². The highest BCUT2D eigenvalue weighted by atomic mass is 16.5. The van der Waals surface area contributed by atoms with Crippen LogP contribution in [-0.4, -0.2) is 41.4 Å². The van der Waals surface area contributed by atoms with Crippen LogP contribution in [0.5, 0.6) is 0 Å². The average molecular weight is 290 g/mol. The molecule has 0 spiro atoms. The van der Waals surface area contributed by atoms with Gasteiger partial charge in [-0.1, -0.05) is 12.8 Å². The first-order valence-electron chi connectivity index (χ1n) is 7.67. The molecule has 5 heteroatoms. The fourth-order valence-corrected chi connectivity index (χ4v) is 3.69. The fourth-order valence-electron chi connectivity index (χ4n) is 3.69. The zero-order chi connectivity index (χ0) is 15.0. The van der Waals surface area contributed by atoms with Gasteiger partial charge in [-0.25, -0.2) is 4.79 Å². The predicted octanol–water partition coefficient (Wildman–Crippen LogP) is 2.54. The molecule has 1 aromatic rings. The van der Waals surface area contributed by atoms with Crippen LogP contribution in [0.3, 0.4) is 0 Å². The minimum atomic E-state index is -0.895. The molecule has 1 N–H and O–H groups in total. The molecule has 5 nitrogen and oxygen atoms in total. The summed E-state index contributed by atoms with van der Waals surface area (Å²) in [5, 5.41) is 9.57. The summed E-state index contributed by atoms with van der Waals surface area (Å²) in [7, 11) is 0. The highest BCUT2D eigenvalue weighted by Gasteiger charge is 2.36. The van der Waals surface area contributed by atoms with Crippen molar-refractivity contribution in [1.29, 1.82) is 0 Å². The van der Waals surface area contributed by atoms with Crippen molar-refractivity contribution >= 4 is 11.7 Å². The fraction of sp³-hybridized carbons (Fsp3) is 0.625. The van der Waals surface area contributed by atoms with Gasteiger partial charge in [-0.2, -0.15) is 0 Å². The number of carboxylic acids is 1. The second-order valence-electron chi connectivity index (χ2n) is 6.00. The number of pyridine rings is 1. The third kappa shape index (κ3) is 2.62. The predicted molar refractivity (Wildman–Crippen MR) is 80.0 cm³/mol. The van der Waals surface area contributed by atoms with E-state index in [0.717, 1.165) is 30.8 Å². The number of ether oxygens (including phenoxy) is 1. The van der Waals surface area contributed by atoms with Crippen LogP contribution >= 0.6 is 0 Å². The maximum absolute atomic E-state index is 11.7. The molecule has 2 unspecified atom stereocenters. The van der Waals surface area contributed by atoms with E-state index in [-0.39, 0.29) is 6.10 Å². The molecule has 0 bridgehead atoms. The Labute approximate surface area is 124 Å². The van der Waals surface area contributed by atoms with Crippen molar-refractivity contribution in [3.05, 3.63) is 23.0 Å². The van der Waals surface area contributed by atoms with Crippen LogP contribution in [-0.2, 0) is 4.74 Å². The molecule has 2 heterocycles. The van der Waals surface area contributed by atoms with Gasteiger partial charge >= 0.3 is 5.97 Å². The highest BCUT2D eigenvalue weighted by molar-refractivity contribution is 5.95. The lowest BCUT2D eigenvalue weighted by atomic mass is 9.89. The third-order valence-corrected chi connectivity index (χ3v) is 4.56. The minimum Gasteiger partial charge on any atom is -0.478 e. The van der Waals surface area contributed by atoms with Gasteiger partial charge in [0.15, 0.2) is 0 Å². The third-order valence-electron chi connectivity index (χ3n) is 4.56. The van der Waals surface area contributed by atoms with Gasteiger partial charge in [-0.05, 0) is 32.8 Å². The van der Waals surface area contributed by atoms with Gasteiger partial charge in [0, 0.05) is 12.2 Å². The molecule has 1 aromatic heterocycles. The maximum atomic E-state index is 11.7. The van der Waals surface area contributed by atoms with Gasteiger partial charge < -0.3 is 14.7 Å². The van der Waals surface area contributed by atoms with E-state index in [1.165, 1.54) is 12.8 Å². The van der Waals surface area contributed by atoms with E-state index in [9.17, 15) is 9.90 Å². The van der Waals surface area contributed by atoms with Gasteiger partial charge in [0.05, 0.1) is 30.1 Å². The summed E-state index contributed by atoms with van der Waals surface area (Å²) in [5.41, 5.74) is 2.61. The topological polar surface area (TPSA) is 62.7 Å². The Bertz CT molecular complexity index is 557. The summed E-state index contributed by atoms with van der Waals surface area (Å²) in [6.45, 7) is 5.12. The van der Waals surface area contributed by atoms with Crippen LogP contribution in [0.15, 0.2) is 6.07 Å². The van der Waals surface area contributed by atoms with Crippen LogP contribution in [0.25, 0.3) is 0 Å². The Morgan fingerprint density at radius 3 is 2.90 bits per heavy atom. The van der Waals surface area contributed by atoms with Crippen LogP contribution in [0, 0.1) is 13.8 Å². The molecule has 1 saturated heterocycles. The zero-order valence-electron chi connectivity index (χ0n) is 12.6. The average Bonchev–Trinajstić information content (AvgIpc) is 2.45. The van der Waals surface area contributed by atoms with Crippen LogP contribution in [0.1, 0.15) is 47.4 Å². The number of hydrogen-bond acceptors (Lipinski definition) is 4. The second kappa shape index (κ2) is 5.64. The second-order valence-corrected chi connectivity index (χ2v) is 6.00. The summed E-state index contributed by atoms with van der Waals surface area (Å²) in [6, 6.07) is 2.21. The summed E-state index contributed by atoms with van der Waals surface area (Å²) in [4.78, 5) is 18.2. The number of carboxylic acid groups (broad SMARTS) is 1. The van der Waals surface area contributed by atoms with Crippen molar-refractivity contribution in [2.75, 3.05) is 18.1 Å². The summed E-state index contributed by atoms with van der Waals surface area (Å²) in [5.74, 6) is -0.895. The number of hydrogen-bond donors (Lipinski definition) is 1. The SMILES string of the molecule is Cc1cc(N2CCOC3CCCCC32)c(C(=O)O)c(C)n1. The number of fused-ring (bicyclic) bond motifs is 1. The molecule has 2 fully saturated rings. The first-order chi connectivity index (χ1) is 10.1. The van der Waals surface area contributed by atoms with E-state index < -0.39 is 5.97 Å². The zero-order valence-corrected chi connectivity index (χ0v) is 12.6. The molecule has 2 aliphatic rings. The van der Waals surface area contributed by atoms with Crippen LogP contribution in [0.4, 0.5) is 5.69 Å². The number of aromatic nitrogens is 1. The lowest BCUT2D eigenvalue weighted by molar-refractivity contribution is -0.00879. The first kappa shape index (κ1) is 14.3. The Kier molecular flexibility index (Phi) is 3.85. The standard InChI is InChI=1S/C16H22N2O3/c1-10-9-13(15(16(19)20)11(2)17-10)18-7-8-21-14-6-4-3-5-12(14)18/h9,12,14H,3-8H2,1-2H3,(H,19,20). The Balaban J connectivity index is 2.04. The molecule has 21 heavy (non-hydrogen) atoms. The van der Waals surface area contributed by atoms with E-state index in [2.05, 4.69) is 9.88 Å². The summed E-state index contributed by atoms with van der Waals surface area (Å²) >= 11 is 0. The molecule has 0 radical (unpaired) electrons. The van der Waals surface area contributed by atoms with E-state index in [4.69, 9.17) is 4.74 Å². The maximum Gasteiger partial charge on any atom is 0.339 e. The molecule has 114 valence electrons. The molecule has 1 saturated carbocycles. The molecule has 0 amide bonds. The van der Waals surface area contributed by atoms with Crippen molar-refractivity contribution in [3.63, 3.8) is 0 Å². The first-order valence-corrected chi connectivity index (χ1v) is 7.67. The van der Waals surface area contributed by atoms with Crippen LogP contribution < -0.4 is 4.90 Å². The molecule has 1 aliphatic heterocycles.